The molecular weight excluding hydrogens is 357 g/mol. The predicted octanol–water partition coefficient (Wildman–Crippen LogP) is 1.52. The number of hydrogen-bond donors (Lipinski definition) is 0. The third-order valence-corrected chi connectivity index (χ3v) is 5.22. The second-order valence-electron chi connectivity index (χ2n) is 6.22. The molecule has 1 aromatic heterocycles. The lowest BCUT2D eigenvalue weighted by atomic mass is 10.2. The topological polar surface area (TPSA) is 56.8 Å². The monoisotopic (exact) mass is 376 g/mol. The summed E-state index contributed by atoms with van der Waals surface area (Å²) in [6.45, 7) is 0.730. The first-order chi connectivity index (χ1) is 11.8. The first-order valence-corrected chi connectivity index (χ1v) is 9.01. The molecule has 3 rings (SSSR count). The molecule has 138 valence electrons. The van der Waals surface area contributed by atoms with Crippen molar-refractivity contribution in [3.63, 3.8) is 0 Å². The van der Waals surface area contributed by atoms with E-state index in [0.29, 0.717) is 23.8 Å². The summed E-state index contributed by atoms with van der Waals surface area (Å²) in [5, 5.41) is 2.37. The molecule has 0 spiro atoms. The van der Waals surface area contributed by atoms with Gasteiger partial charge in [0.15, 0.2) is 5.13 Å². The summed E-state index contributed by atoms with van der Waals surface area (Å²) in [5.74, 6) is -0.0933. The maximum Gasteiger partial charge on any atom is 0.401 e. The quantitative estimate of drug-likeness (QED) is 0.800. The molecule has 6 nitrogen and oxygen atoms in total. The van der Waals surface area contributed by atoms with Crippen LogP contribution < -0.4 is 4.90 Å². The average molecular weight is 376 g/mol. The molecule has 2 aliphatic rings. The molecule has 25 heavy (non-hydrogen) atoms. The molecule has 0 unspecified atom stereocenters. The van der Waals surface area contributed by atoms with Gasteiger partial charge in [0.2, 0.25) is 11.8 Å². The molecule has 0 N–H and O–H groups in total. The van der Waals surface area contributed by atoms with Crippen LogP contribution in [0.4, 0.5) is 18.3 Å². The van der Waals surface area contributed by atoms with Gasteiger partial charge in [0.05, 0.1) is 18.7 Å². The third-order valence-electron chi connectivity index (χ3n) is 4.30. The van der Waals surface area contributed by atoms with Crippen LogP contribution in [-0.2, 0) is 16.0 Å². The Morgan fingerprint density at radius 2 is 1.92 bits per heavy atom. The van der Waals surface area contributed by atoms with Crippen LogP contribution in [0, 0.1) is 0 Å². The highest BCUT2D eigenvalue weighted by Crippen LogP contribution is 2.25. The SMILES string of the molecule is O=C(Cc1csc(N2CCCC2=O)n1)N1CCN(CC(F)(F)F)CC1. The van der Waals surface area contributed by atoms with Gasteiger partial charge < -0.3 is 4.90 Å². The molecule has 1 aromatic rings. The van der Waals surface area contributed by atoms with Crippen molar-refractivity contribution in [3.05, 3.63) is 11.1 Å². The Hall–Kier alpha value is -1.68. The number of hydrogen-bond acceptors (Lipinski definition) is 5. The van der Waals surface area contributed by atoms with Crippen molar-refractivity contribution in [1.29, 1.82) is 0 Å². The van der Waals surface area contributed by atoms with Crippen molar-refractivity contribution in [3.8, 4) is 0 Å². The summed E-state index contributed by atoms with van der Waals surface area (Å²) in [5.41, 5.74) is 0.599. The van der Waals surface area contributed by atoms with Gasteiger partial charge in [-0.05, 0) is 6.42 Å². The van der Waals surface area contributed by atoms with Crippen molar-refractivity contribution in [2.45, 2.75) is 25.4 Å². The number of carbonyl (C=O) groups is 2. The van der Waals surface area contributed by atoms with Crippen molar-refractivity contribution >= 4 is 28.3 Å². The molecule has 2 fully saturated rings. The summed E-state index contributed by atoms with van der Waals surface area (Å²) in [7, 11) is 0. The number of aromatic nitrogens is 1. The fourth-order valence-electron chi connectivity index (χ4n) is 3.03. The van der Waals surface area contributed by atoms with Crippen LogP contribution in [0.3, 0.4) is 0 Å². The molecule has 0 aromatic carbocycles. The largest absolute Gasteiger partial charge is 0.401 e. The standard InChI is InChI=1S/C15H19F3N4O2S/c16-15(17,18)10-20-4-6-21(7-5-20)13(24)8-11-9-25-14(19-11)22-3-1-2-12(22)23/h9H,1-8,10H2. The highest BCUT2D eigenvalue weighted by Gasteiger charge is 2.33. The molecule has 10 heteroatoms. The van der Waals surface area contributed by atoms with Gasteiger partial charge in [-0.1, -0.05) is 0 Å². The van der Waals surface area contributed by atoms with Crippen LogP contribution in [0.1, 0.15) is 18.5 Å². The fourth-order valence-corrected chi connectivity index (χ4v) is 3.90. The number of carbonyl (C=O) groups excluding carboxylic acids is 2. The van der Waals surface area contributed by atoms with Crippen LogP contribution >= 0.6 is 11.3 Å². The van der Waals surface area contributed by atoms with E-state index in [2.05, 4.69) is 4.98 Å². The summed E-state index contributed by atoms with van der Waals surface area (Å²) in [6.07, 6.45) is -2.76. The number of amides is 2. The zero-order valence-corrected chi connectivity index (χ0v) is 14.4. The lowest BCUT2D eigenvalue weighted by Gasteiger charge is -2.34. The van der Waals surface area contributed by atoms with Gasteiger partial charge in [-0.25, -0.2) is 4.98 Å². The minimum absolute atomic E-state index is 0.0491. The van der Waals surface area contributed by atoms with Gasteiger partial charge in [0.1, 0.15) is 0 Å². The molecular formula is C15H19F3N4O2S. The van der Waals surface area contributed by atoms with Gasteiger partial charge in [-0.15, -0.1) is 11.3 Å². The minimum atomic E-state index is -4.21. The first kappa shape index (κ1) is 18.1. The lowest BCUT2D eigenvalue weighted by Crippen LogP contribution is -2.51. The molecule has 2 saturated heterocycles. The van der Waals surface area contributed by atoms with Gasteiger partial charge in [0, 0.05) is 44.5 Å². The van der Waals surface area contributed by atoms with Gasteiger partial charge in [-0.3, -0.25) is 19.4 Å². The Bertz CT molecular complexity index is 641. The second-order valence-corrected chi connectivity index (χ2v) is 7.06. The number of thiazole rings is 1. The van der Waals surface area contributed by atoms with E-state index >= 15 is 0 Å². The Morgan fingerprint density at radius 3 is 2.52 bits per heavy atom. The van der Waals surface area contributed by atoms with E-state index in [1.165, 1.54) is 16.2 Å². The zero-order chi connectivity index (χ0) is 18.0. The number of halogens is 3. The molecule has 0 bridgehead atoms. The Morgan fingerprint density at radius 1 is 1.20 bits per heavy atom. The van der Waals surface area contributed by atoms with E-state index in [4.69, 9.17) is 0 Å². The van der Waals surface area contributed by atoms with Gasteiger partial charge >= 0.3 is 6.18 Å². The smallest absolute Gasteiger partial charge is 0.340 e. The van der Waals surface area contributed by atoms with Crippen molar-refractivity contribution in [2.75, 3.05) is 44.2 Å². The Labute approximate surface area is 147 Å². The molecule has 3 heterocycles. The number of piperazine rings is 1. The highest BCUT2D eigenvalue weighted by molar-refractivity contribution is 7.14. The van der Waals surface area contributed by atoms with Crippen LogP contribution in [-0.4, -0.2) is 72.0 Å². The third kappa shape index (κ3) is 4.69. The fraction of sp³-hybridized carbons (Fsp3) is 0.667. The van der Waals surface area contributed by atoms with Crippen LogP contribution in [0.5, 0.6) is 0 Å². The summed E-state index contributed by atoms with van der Waals surface area (Å²) < 4.78 is 37.2. The molecule has 2 aliphatic heterocycles. The molecule has 2 amide bonds. The number of alkyl halides is 3. The molecule has 0 aliphatic carbocycles. The van der Waals surface area contributed by atoms with Crippen LogP contribution in [0.2, 0.25) is 0 Å². The van der Waals surface area contributed by atoms with E-state index in [1.807, 2.05) is 0 Å². The normalized spacial score (nSPS) is 19.7. The Kier molecular flexibility index (Phi) is 5.28. The van der Waals surface area contributed by atoms with Gasteiger partial charge in [0.25, 0.3) is 0 Å². The van der Waals surface area contributed by atoms with Gasteiger partial charge in [-0.2, -0.15) is 13.2 Å². The molecule has 0 radical (unpaired) electrons. The van der Waals surface area contributed by atoms with Crippen LogP contribution in [0.25, 0.3) is 0 Å². The molecule has 0 atom stereocenters. The van der Waals surface area contributed by atoms with Crippen molar-refractivity contribution in [1.82, 2.24) is 14.8 Å². The summed E-state index contributed by atoms with van der Waals surface area (Å²) in [4.78, 5) is 32.9. The van der Waals surface area contributed by atoms with E-state index in [0.717, 1.165) is 6.42 Å². The maximum atomic E-state index is 12.4. The van der Waals surface area contributed by atoms with E-state index in [-0.39, 0.29) is 44.4 Å². The van der Waals surface area contributed by atoms with E-state index in [1.54, 1.807) is 15.2 Å². The minimum Gasteiger partial charge on any atom is -0.340 e. The average Bonchev–Trinajstić information content (AvgIpc) is 3.15. The predicted molar refractivity (Wildman–Crippen MR) is 86.5 cm³/mol. The Balaban J connectivity index is 1.50. The lowest BCUT2D eigenvalue weighted by molar-refractivity contribution is -0.151. The number of anilines is 1. The van der Waals surface area contributed by atoms with Crippen LogP contribution in [0.15, 0.2) is 5.38 Å². The van der Waals surface area contributed by atoms with Crippen molar-refractivity contribution < 1.29 is 22.8 Å². The van der Waals surface area contributed by atoms with E-state index in [9.17, 15) is 22.8 Å². The maximum absolute atomic E-state index is 12.4. The van der Waals surface area contributed by atoms with Crippen molar-refractivity contribution in [2.24, 2.45) is 0 Å². The van der Waals surface area contributed by atoms with E-state index < -0.39 is 12.7 Å². The molecule has 0 saturated carbocycles. The number of nitrogens with zero attached hydrogens (tertiary/aromatic N) is 4. The second kappa shape index (κ2) is 7.28. The highest BCUT2D eigenvalue weighted by atomic mass is 32.1. The number of rotatable bonds is 4. The zero-order valence-electron chi connectivity index (χ0n) is 13.6. The summed E-state index contributed by atoms with van der Waals surface area (Å²) in [6, 6.07) is 0. The first-order valence-electron chi connectivity index (χ1n) is 8.13. The summed E-state index contributed by atoms with van der Waals surface area (Å²) >= 11 is 1.34.